The van der Waals surface area contributed by atoms with Gasteiger partial charge in [-0.05, 0) is 36.2 Å². The molecule has 2 aromatic rings. The Bertz CT molecular complexity index is 736. The Hall–Kier alpha value is -2.76. The molecule has 0 saturated heterocycles. The minimum absolute atomic E-state index is 0.237. The number of para-hydroxylation sites is 2. The van der Waals surface area contributed by atoms with Gasteiger partial charge < -0.3 is 20.1 Å². The lowest BCUT2D eigenvalue weighted by atomic mass is 10.1. The Labute approximate surface area is 139 Å². The fourth-order valence-electron chi connectivity index (χ4n) is 2.43. The maximum absolute atomic E-state index is 13.2. The van der Waals surface area contributed by atoms with E-state index in [-0.39, 0.29) is 18.0 Å². The fraction of sp³-hybridized carbons (Fsp3) is 0.278. The summed E-state index contributed by atoms with van der Waals surface area (Å²) in [7, 11) is 0. The van der Waals surface area contributed by atoms with E-state index in [0.29, 0.717) is 36.8 Å². The average molecular weight is 330 g/mol. The number of benzene rings is 2. The van der Waals surface area contributed by atoms with Crippen molar-refractivity contribution >= 4 is 6.03 Å². The van der Waals surface area contributed by atoms with Crippen molar-refractivity contribution in [1.29, 1.82) is 0 Å². The van der Waals surface area contributed by atoms with Gasteiger partial charge in [-0.1, -0.05) is 24.3 Å². The molecule has 1 aliphatic heterocycles. The quantitative estimate of drug-likeness (QED) is 0.906. The van der Waals surface area contributed by atoms with Gasteiger partial charge >= 0.3 is 6.03 Å². The summed E-state index contributed by atoms with van der Waals surface area (Å²) in [4.78, 5) is 11.9. The largest absolute Gasteiger partial charge is 0.486 e. The molecular formula is C18H19FN2O3. The van der Waals surface area contributed by atoms with Crippen LogP contribution in [0.15, 0.2) is 42.5 Å². The van der Waals surface area contributed by atoms with Crippen LogP contribution in [0.3, 0.4) is 0 Å². The molecule has 0 radical (unpaired) electrons. The van der Waals surface area contributed by atoms with Crippen LogP contribution in [0.4, 0.5) is 9.18 Å². The molecule has 1 atom stereocenters. The molecule has 6 heteroatoms. The molecule has 5 nitrogen and oxygen atoms in total. The van der Waals surface area contributed by atoms with E-state index in [2.05, 4.69) is 10.6 Å². The van der Waals surface area contributed by atoms with Crippen LogP contribution in [0.5, 0.6) is 11.5 Å². The first kappa shape index (κ1) is 16.1. The van der Waals surface area contributed by atoms with Crippen LogP contribution >= 0.6 is 0 Å². The van der Waals surface area contributed by atoms with Crippen molar-refractivity contribution in [2.75, 3.05) is 13.2 Å². The second kappa shape index (κ2) is 7.21. The lowest BCUT2D eigenvalue weighted by Crippen LogP contribution is -2.44. The molecule has 0 fully saturated rings. The van der Waals surface area contributed by atoms with E-state index in [9.17, 15) is 9.18 Å². The minimum Gasteiger partial charge on any atom is -0.486 e. The molecule has 0 bridgehead atoms. The Morgan fingerprint density at radius 3 is 2.79 bits per heavy atom. The zero-order valence-corrected chi connectivity index (χ0v) is 13.3. The Kier molecular flexibility index (Phi) is 4.84. The van der Waals surface area contributed by atoms with Crippen LogP contribution in [0.25, 0.3) is 0 Å². The first-order valence-corrected chi connectivity index (χ1v) is 7.77. The number of hydrogen-bond donors (Lipinski definition) is 2. The van der Waals surface area contributed by atoms with Crippen molar-refractivity contribution in [2.45, 2.75) is 19.6 Å². The predicted octanol–water partition coefficient (Wildman–Crippen LogP) is 2.77. The van der Waals surface area contributed by atoms with E-state index in [1.165, 1.54) is 6.07 Å². The highest BCUT2D eigenvalue weighted by Gasteiger charge is 2.20. The smallest absolute Gasteiger partial charge is 0.315 e. The SMILES string of the molecule is Cc1cc(CNC(=O)NC[C@H]2COc3ccccc3O2)ccc1F. The van der Waals surface area contributed by atoms with E-state index in [1.807, 2.05) is 24.3 Å². The molecule has 24 heavy (non-hydrogen) atoms. The molecule has 0 aliphatic carbocycles. The van der Waals surface area contributed by atoms with Crippen molar-refractivity contribution in [2.24, 2.45) is 0 Å². The number of amides is 2. The summed E-state index contributed by atoms with van der Waals surface area (Å²) >= 11 is 0. The fourth-order valence-corrected chi connectivity index (χ4v) is 2.43. The zero-order chi connectivity index (χ0) is 16.9. The van der Waals surface area contributed by atoms with Gasteiger partial charge in [0.2, 0.25) is 0 Å². The normalized spacial score (nSPS) is 15.7. The number of rotatable bonds is 4. The number of aryl methyl sites for hydroxylation is 1. The second-order valence-electron chi connectivity index (χ2n) is 5.64. The Balaban J connectivity index is 1.44. The number of hydrogen-bond acceptors (Lipinski definition) is 3. The highest BCUT2D eigenvalue weighted by molar-refractivity contribution is 5.73. The molecule has 2 N–H and O–H groups in total. The molecule has 1 aliphatic rings. The number of urea groups is 1. The number of carbonyl (C=O) groups excluding carboxylic acids is 1. The van der Waals surface area contributed by atoms with E-state index in [1.54, 1.807) is 19.1 Å². The second-order valence-corrected chi connectivity index (χ2v) is 5.64. The third kappa shape index (κ3) is 3.95. The van der Waals surface area contributed by atoms with Gasteiger partial charge in [-0.25, -0.2) is 9.18 Å². The molecule has 0 spiro atoms. The van der Waals surface area contributed by atoms with Crippen LogP contribution in [0.2, 0.25) is 0 Å². The summed E-state index contributed by atoms with van der Waals surface area (Å²) < 4.78 is 24.6. The molecule has 2 amide bonds. The van der Waals surface area contributed by atoms with Crippen molar-refractivity contribution in [3.05, 3.63) is 59.4 Å². The molecule has 0 saturated carbocycles. The first-order chi connectivity index (χ1) is 11.6. The standard InChI is InChI=1S/C18H19FN2O3/c1-12-8-13(6-7-15(12)19)9-20-18(22)21-10-14-11-23-16-4-2-3-5-17(16)24-14/h2-8,14H,9-11H2,1H3,(H2,20,21,22)/t14-/m0/s1. The molecule has 0 unspecified atom stereocenters. The summed E-state index contributed by atoms with van der Waals surface area (Å²) in [5.41, 5.74) is 1.40. The summed E-state index contributed by atoms with van der Waals surface area (Å²) in [6.45, 7) is 2.74. The molecule has 126 valence electrons. The topological polar surface area (TPSA) is 59.6 Å². The minimum atomic E-state index is -0.306. The summed E-state index contributed by atoms with van der Waals surface area (Å²) in [5.74, 6) is 1.14. The molecule has 3 rings (SSSR count). The highest BCUT2D eigenvalue weighted by Crippen LogP contribution is 2.30. The monoisotopic (exact) mass is 330 g/mol. The van der Waals surface area contributed by atoms with Gasteiger partial charge in [-0.15, -0.1) is 0 Å². The third-order valence-corrected chi connectivity index (χ3v) is 3.73. The molecule has 2 aromatic carbocycles. The third-order valence-electron chi connectivity index (χ3n) is 3.73. The highest BCUT2D eigenvalue weighted by atomic mass is 19.1. The van der Waals surface area contributed by atoms with Gasteiger partial charge in [0.1, 0.15) is 12.4 Å². The first-order valence-electron chi connectivity index (χ1n) is 7.77. The van der Waals surface area contributed by atoms with Gasteiger partial charge in [0.25, 0.3) is 0 Å². The maximum Gasteiger partial charge on any atom is 0.315 e. The number of ether oxygens (including phenoxy) is 2. The van der Waals surface area contributed by atoms with Crippen LogP contribution < -0.4 is 20.1 Å². The number of carbonyl (C=O) groups is 1. The van der Waals surface area contributed by atoms with Crippen LogP contribution in [-0.4, -0.2) is 25.3 Å². The zero-order valence-electron chi connectivity index (χ0n) is 13.3. The van der Waals surface area contributed by atoms with E-state index in [0.717, 1.165) is 5.56 Å². The van der Waals surface area contributed by atoms with E-state index >= 15 is 0 Å². The lowest BCUT2D eigenvalue weighted by molar-refractivity contribution is 0.0918. The number of fused-ring (bicyclic) bond motifs is 1. The molecule has 1 heterocycles. The maximum atomic E-state index is 13.2. The van der Waals surface area contributed by atoms with Crippen LogP contribution in [0, 0.1) is 12.7 Å². The van der Waals surface area contributed by atoms with Crippen molar-refractivity contribution in [3.63, 3.8) is 0 Å². The van der Waals surface area contributed by atoms with Crippen molar-refractivity contribution < 1.29 is 18.7 Å². The van der Waals surface area contributed by atoms with Crippen LogP contribution in [-0.2, 0) is 6.54 Å². The van der Waals surface area contributed by atoms with Gasteiger partial charge in [0, 0.05) is 6.54 Å². The van der Waals surface area contributed by atoms with Gasteiger partial charge in [0.05, 0.1) is 6.54 Å². The summed E-state index contributed by atoms with van der Waals surface area (Å²) in [5, 5.41) is 5.49. The molecule has 0 aromatic heterocycles. The summed E-state index contributed by atoms with van der Waals surface area (Å²) in [6, 6.07) is 11.9. The summed E-state index contributed by atoms with van der Waals surface area (Å²) in [6.07, 6.45) is -0.237. The lowest BCUT2D eigenvalue weighted by Gasteiger charge is -2.26. The number of nitrogens with one attached hydrogen (secondary N) is 2. The van der Waals surface area contributed by atoms with Crippen LogP contribution in [0.1, 0.15) is 11.1 Å². The molecular weight excluding hydrogens is 311 g/mol. The van der Waals surface area contributed by atoms with Gasteiger partial charge in [-0.2, -0.15) is 0 Å². The predicted molar refractivity (Wildman–Crippen MR) is 87.7 cm³/mol. The van der Waals surface area contributed by atoms with Gasteiger partial charge in [0.15, 0.2) is 17.6 Å². The Morgan fingerprint density at radius 1 is 1.21 bits per heavy atom. The van der Waals surface area contributed by atoms with E-state index < -0.39 is 0 Å². The van der Waals surface area contributed by atoms with Crippen molar-refractivity contribution in [3.8, 4) is 11.5 Å². The number of halogens is 1. The average Bonchev–Trinajstić information content (AvgIpc) is 2.60. The Morgan fingerprint density at radius 2 is 2.00 bits per heavy atom. The van der Waals surface area contributed by atoms with Gasteiger partial charge in [-0.3, -0.25) is 0 Å². The van der Waals surface area contributed by atoms with Crippen molar-refractivity contribution in [1.82, 2.24) is 10.6 Å². The van der Waals surface area contributed by atoms with E-state index in [4.69, 9.17) is 9.47 Å².